The molecule has 0 amide bonds. The van der Waals surface area contributed by atoms with Crippen LogP contribution in [0.15, 0.2) is 94.9 Å². The molecule has 3 fully saturated rings. The summed E-state index contributed by atoms with van der Waals surface area (Å²) in [5.41, 5.74) is 3.00. The molecule has 3 aromatic rings. The van der Waals surface area contributed by atoms with Crippen LogP contribution in [0.1, 0.15) is 80.9 Å². The van der Waals surface area contributed by atoms with Crippen LogP contribution in [0.4, 0.5) is 23.2 Å². The maximum absolute atomic E-state index is 13.8. The molecule has 3 aliphatic rings. The van der Waals surface area contributed by atoms with E-state index in [2.05, 4.69) is 20.1 Å². The van der Waals surface area contributed by atoms with E-state index in [9.17, 15) is 42.2 Å². The number of hydrogen-bond donors (Lipinski definition) is 2. The minimum Gasteiger partial charge on any atom is -0.861 e. The van der Waals surface area contributed by atoms with E-state index in [4.69, 9.17) is 5.11 Å². The molecule has 58 heavy (non-hydrogen) atoms. The number of likely N-dealkylation sites (tertiary alicyclic amines) is 1. The Hall–Kier alpha value is -4.39. The van der Waals surface area contributed by atoms with E-state index in [0.29, 0.717) is 41.7 Å². The third kappa shape index (κ3) is 13.1. The maximum Gasteiger partial charge on any atom is 2.00 e. The number of halogens is 4. The van der Waals surface area contributed by atoms with Crippen LogP contribution in [0, 0.1) is 11.8 Å². The van der Waals surface area contributed by atoms with Crippen LogP contribution in [0.25, 0.3) is 0 Å². The van der Waals surface area contributed by atoms with Crippen LogP contribution in [0.3, 0.4) is 0 Å². The average Bonchev–Trinajstić information content (AvgIpc) is 3.65. The molecule has 2 saturated carbocycles. The molecule has 0 aromatic heterocycles. The Labute approximate surface area is 346 Å². The first-order valence-corrected chi connectivity index (χ1v) is 19.3. The summed E-state index contributed by atoms with van der Waals surface area (Å²) in [7, 11) is 0.992. The zero-order valence-electron chi connectivity index (χ0n) is 31.8. The molecular weight excluding hydrogens is 802 g/mol. The third-order valence-electron chi connectivity index (χ3n) is 10.9. The summed E-state index contributed by atoms with van der Waals surface area (Å²) >= 11 is 0. The molecule has 6 rings (SSSR count). The summed E-state index contributed by atoms with van der Waals surface area (Å²) in [6, 6.07) is 23.5. The van der Waals surface area contributed by atoms with Gasteiger partial charge in [-0.2, -0.15) is 0 Å². The fourth-order valence-corrected chi connectivity index (χ4v) is 7.79. The third-order valence-corrected chi connectivity index (χ3v) is 10.9. The van der Waals surface area contributed by atoms with Crippen LogP contribution >= 0.6 is 0 Å². The first-order valence-electron chi connectivity index (χ1n) is 19.3. The number of hydrogen-bond acceptors (Lipinski definition) is 9. The van der Waals surface area contributed by atoms with Gasteiger partial charge in [-0.3, -0.25) is 19.7 Å². The van der Waals surface area contributed by atoms with Crippen molar-refractivity contribution in [1.29, 1.82) is 0 Å². The predicted molar refractivity (Wildman–Crippen MR) is 205 cm³/mol. The van der Waals surface area contributed by atoms with E-state index in [-0.39, 0.29) is 85.7 Å². The first-order chi connectivity index (χ1) is 27.3. The van der Waals surface area contributed by atoms with Crippen molar-refractivity contribution in [1.82, 2.24) is 10.1 Å². The molecule has 16 heteroatoms. The summed E-state index contributed by atoms with van der Waals surface area (Å²) in [4.78, 5) is 44.6. The van der Waals surface area contributed by atoms with Crippen LogP contribution in [-0.2, 0) is 37.4 Å². The fourth-order valence-electron chi connectivity index (χ4n) is 7.79. The Kier molecular flexibility index (Phi) is 17.2. The molecule has 0 bridgehead atoms. The molecule has 0 spiro atoms. The van der Waals surface area contributed by atoms with Crippen molar-refractivity contribution >= 4 is 42.8 Å². The van der Waals surface area contributed by atoms with Crippen LogP contribution in [0.5, 0.6) is 0 Å². The Morgan fingerprint density at radius 3 is 1.97 bits per heavy atom. The average molecular weight is 848 g/mol. The Balaban J connectivity index is 0.000000369. The van der Waals surface area contributed by atoms with Gasteiger partial charge in [0.2, 0.25) is 11.8 Å². The van der Waals surface area contributed by atoms with Crippen molar-refractivity contribution in [3.63, 3.8) is 0 Å². The van der Waals surface area contributed by atoms with Crippen molar-refractivity contribution in [3.05, 3.63) is 102 Å². The van der Waals surface area contributed by atoms with Crippen LogP contribution < -0.4 is 15.4 Å². The van der Waals surface area contributed by atoms with Gasteiger partial charge in [0, 0.05) is 49.4 Å². The van der Waals surface area contributed by atoms with E-state index < -0.39 is 41.8 Å². The molecule has 1 saturated heterocycles. The van der Waals surface area contributed by atoms with Crippen molar-refractivity contribution in [2.45, 2.75) is 101 Å². The molecule has 3 atom stereocenters. The quantitative estimate of drug-likeness (QED) is 0.0739. The number of carbonyl (C=O) groups is 3. The zero-order chi connectivity index (χ0) is 41.0. The van der Waals surface area contributed by atoms with Crippen molar-refractivity contribution in [2.75, 3.05) is 6.54 Å². The topological polar surface area (TPSA) is 158 Å². The van der Waals surface area contributed by atoms with Gasteiger partial charge in [-0.15, -0.1) is 0 Å². The molecule has 10 nitrogen and oxygen atoms in total. The molecule has 311 valence electrons. The Bertz CT molecular complexity index is 1860. The van der Waals surface area contributed by atoms with Crippen molar-refractivity contribution in [2.24, 2.45) is 21.8 Å². The van der Waals surface area contributed by atoms with E-state index in [0.717, 1.165) is 25.9 Å². The van der Waals surface area contributed by atoms with Gasteiger partial charge in [0.1, 0.15) is 0 Å². The summed E-state index contributed by atoms with van der Waals surface area (Å²) in [6.45, 7) is 1.45. The van der Waals surface area contributed by atoms with Gasteiger partial charge < -0.3 is 30.1 Å². The zero-order valence-corrected chi connectivity index (χ0v) is 32.8. The standard InChI is InChI=1S/C33H35F2N3O3.C9H13BF2NO3.Ni/c34-33(35)19-17-25(18-20-33)30(32(40)41)37-29(24-12-5-2-6-13-24)26-14-7-8-15-27(26)36-31(39)28-16-9-21-38(28)22-23-10-3-1-4-11-23;11-9(12)3-1-6(2-4-9)7(8(15)16)13-10-5-14;/h1-8,10-15,25,28,30H,9,16-22H2,(H,36,39)(H,40,41);5-7,13H,1-4H2,(H,15,16);/q;;+2/p-2/t28-,30-;7-;/m00./s1. The Morgan fingerprint density at radius 2 is 1.40 bits per heavy atom. The van der Waals surface area contributed by atoms with Crippen molar-refractivity contribution < 1.29 is 63.8 Å². The summed E-state index contributed by atoms with van der Waals surface area (Å²) in [5, 5.41) is 37.2. The number of benzene rings is 3. The second-order valence-corrected chi connectivity index (χ2v) is 14.9. The van der Waals surface area contributed by atoms with Crippen LogP contribution in [-0.4, -0.2) is 83.7 Å². The number of para-hydroxylation sites is 1. The number of nitrogens with zero attached hydrogens (tertiary/aromatic N) is 3. The minimum atomic E-state index is -2.79. The van der Waals surface area contributed by atoms with Gasteiger partial charge in [0.05, 0.1) is 35.6 Å². The van der Waals surface area contributed by atoms with E-state index in [1.165, 1.54) is 0 Å². The van der Waals surface area contributed by atoms with Gasteiger partial charge >= 0.3 is 22.5 Å². The number of rotatable bonds is 14. The fraction of sp³-hybridized carbons (Fsp3) is 0.452. The second-order valence-electron chi connectivity index (χ2n) is 14.9. The number of carbonyl (C=O) groups excluding carboxylic acids is 2. The largest absolute Gasteiger partial charge is 2.00 e. The van der Waals surface area contributed by atoms with Gasteiger partial charge in [-0.25, -0.2) is 17.6 Å². The first kappa shape index (κ1) is 46.3. The maximum atomic E-state index is 13.8. The number of carboxylic acid groups (broad SMARTS) is 2. The van der Waals surface area contributed by atoms with Gasteiger partial charge in [-0.05, 0) is 74.4 Å². The van der Waals surface area contributed by atoms with Crippen molar-refractivity contribution in [3.8, 4) is 0 Å². The molecule has 3 aromatic carbocycles. The number of carboxylic acids is 2. The number of aliphatic imine (C=N–C) groups is 2. The molecule has 1 radical (unpaired) electrons. The van der Waals surface area contributed by atoms with Gasteiger partial charge in [-0.1, -0.05) is 78.9 Å². The SMILES string of the molecule is O=C([O-])[C@@H](N=C(c1ccccc1)c1ccccc1N=C([O-])[C@@H]1CCCN1Cc1ccccc1)C1CCC(F)(F)CC1.O=C[B]N[C@H](C(=O)O)C1CCC(F)(F)CC1.[Ni+2]. The van der Waals surface area contributed by atoms with E-state index in [1.807, 2.05) is 48.5 Å². The predicted octanol–water partition coefficient (Wildman–Crippen LogP) is 5.18. The smallest absolute Gasteiger partial charge is 0.861 e. The molecule has 1 aliphatic heterocycles. The summed E-state index contributed by atoms with van der Waals surface area (Å²) < 4.78 is 53.4. The second kappa shape index (κ2) is 21.6. The number of aliphatic carboxylic acids is 2. The molecule has 1 heterocycles. The van der Waals surface area contributed by atoms with E-state index >= 15 is 0 Å². The van der Waals surface area contributed by atoms with E-state index in [1.54, 1.807) is 36.4 Å². The number of nitrogens with one attached hydrogen (secondary N) is 1. The summed E-state index contributed by atoms with van der Waals surface area (Å²) in [5.74, 6) is -9.17. The minimum absolute atomic E-state index is 0. The van der Waals surface area contributed by atoms with Gasteiger partial charge in [0.25, 0.3) is 7.41 Å². The normalized spacial score (nSPS) is 21.1. The molecule has 2 aliphatic carbocycles. The van der Waals surface area contributed by atoms with Crippen LogP contribution in [0.2, 0.25) is 0 Å². The van der Waals surface area contributed by atoms with Gasteiger partial charge in [0.15, 0.2) is 0 Å². The molecule has 0 unspecified atom stereocenters. The molecule has 2 N–H and O–H groups in total. The molecular formula is C42H46BF4N4NiO6. The Morgan fingerprint density at radius 1 is 0.845 bits per heavy atom. The number of alkyl halides is 4. The summed E-state index contributed by atoms with van der Waals surface area (Å²) in [6.07, 6.45) is 1.11. The monoisotopic (exact) mass is 847 g/mol.